The summed E-state index contributed by atoms with van der Waals surface area (Å²) in [5, 5.41) is 12.3. The molecule has 1 aromatic heterocycles. The largest absolute Gasteiger partial charge is 0.481 e. The van der Waals surface area contributed by atoms with Gasteiger partial charge in [0, 0.05) is 24.1 Å². The summed E-state index contributed by atoms with van der Waals surface area (Å²) < 4.78 is 0. The Labute approximate surface area is 160 Å². The zero-order valence-electron chi connectivity index (χ0n) is 15.8. The normalized spacial score (nSPS) is 22.8. The van der Waals surface area contributed by atoms with Crippen LogP contribution in [0.25, 0.3) is 11.3 Å². The molecule has 0 atom stereocenters. The van der Waals surface area contributed by atoms with E-state index < -0.39 is 5.97 Å². The SMILES string of the molecule is O=C(O)CCC1CCC(c2nc(-c3ccc4c(c3)CCNCC4)c[nH]2)CC1. The first-order valence-electron chi connectivity index (χ1n) is 10.3. The number of aromatic nitrogens is 2. The van der Waals surface area contributed by atoms with Crippen molar-refractivity contribution in [3.8, 4) is 11.3 Å². The topological polar surface area (TPSA) is 78.0 Å². The van der Waals surface area contributed by atoms with E-state index in [1.807, 2.05) is 6.20 Å². The summed E-state index contributed by atoms with van der Waals surface area (Å²) >= 11 is 0. The Hall–Kier alpha value is -2.14. The summed E-state index contributed by atoms with van der Waals surface area (Å²) in [4.78, 5) is 19.1. The van der Waals surface area contributed by atoms with Crippen LogP contribution in [0.4, 0.5) is 0 Å². The molecule has 144 valence electrons. The van der Waals surface area contributed by atoms with Gasteiger partial charge in [-0.3, -0.25) is 4.79 Å². The van der Waals surface area contributed by atoms with E-state index in [9.17, 15) is 4.79 Å². The molecule has 0 spiro atoms. The van der Waals surface area contributed by atoms with Gasteiger partial charge in [-0.05, 0) is 81.1 Å². The van der Waals surface area contributed by atoms with Gasteiger partial charge in [-0.1, -0.05) is 12.1 Å². The van der Waals surface area contributed by atoms with Crippen molar-refractivity contribution < 1.29 is 9.90 Å². The number of carboxylic acid groups (broad SMARTS) is 1. The van der Waals surface area contributed by atoms with Gasteiger partial charge in [-0.2, -0.15) is 0 Å². The lowest BCUT2D eigenvalue weighted by atomic mass is 9.80. The third kappa shape index (κ3) is 4.41. The number of carbonyl (C=O) groups is 1. The molecular formula is C22H29N3O2. The Balaban J connectivity index is 1.41. The van der Waals surface area contributed by atoms with Gasteiger partial charge in [-0.15, -0.1) is 0 Å². The highest BCUT2D eigenvalue weighted by molar-refractivity contribution is 5.66. The minimum Gasteiger partial charge on any atom is -0.481 e. The lowest BCUT2D eigenvalue weighted by molar-refractivity contribution is -0.137. The summed E-state index contributed by atoms with van der Waals surface area (Å²) in [6.07, 6.45) is 9.78. The maximum Gasteiger partial charge on any atom is 0.303 e. The van der Waals surface area contributed by atoms with E-state index in [0.29, 0.717) is 18.3 Å². The van der Waals surface area contributed by atoms with E-state index >= 15 is 0 Å². The molecule has 1 aliphatic carbocycles. The standard InChI is InChI=1S/C22H29N3O2/c26-21(27)8-3-15-1-4-17(5-2-15)22-24-14-20(25-22)19-7-6-16-9-11-23-12-10-18(16)13-19/h6-7,13-15,17,23H,1-5,8-12H2,(H,24,25)(H,26,27). The molecule has 2 heterocycles. The Kier molecular flexibility index (Phi) is 5.58. The average molecular weight is 367 g/mol. The molecule has 1 aliphatic heterocycles. The summed E-state index contributed by atoms with van der Waals surface area (Å²) in [7, 11) is 0. The molecule has 1 aromatic carbocycles. The summed E-state index contributed by atoms with van der Waals surface area (Å²) in [5.41, 5.74) is 5.14. The Morgan fingerprint density at radius 2 is 1.89 bits per heavy atom. The molecule has 0 amide bonds. The van der Waals surface area contributed by atoms with Crippen molar-refractivity contribution in [2.45, 2.75) is 57.3 Å². The smallest absolute Gasteiger partial charge is 0.303 e. The van der Waals surface area contributed by atoms with Gasteiger partial charge < -0.3 is 15.4 Å². The highest BCUT2D eigenvalue weighted by atomic mass is 16.4. The number of nitrogens with zero attached hydrogens (tertiary/aromatic N) is 1. The van der Waals surface area contributed by atoms with Crippen LogP contribution in [-0.2, 0) is 17.6 Å². The highest BCUT2D eigenvalue weighted by Crippen LogP contribution is 2.37. The maximum atomic E-state index is 10.8. The average Bonchev–Trinajstić information content (AvgIpc) is 3.06. The number of imidazole rings is 1. The van der Waals surface area contributed by atoms with Crippen molar-refractivity contribution in [1.29, 1.82) is 0 Å². The van der Waals surface area contributed by atoms with E-state index in [2.05, 4.69) is 28.5 Å². The number of benzene rings is 1. The number of hydrogen-bond acceptors (Lipinski definition) is 3. The number of carboxylic acids is 1. The van der Waals surface area contributed by atoms with E-state index in [0.717, 1.165) is 69.6 Å². The third-order valence-electron chi connectivity index (χ3n) is 6.24. The molecule has 0 unspecified atom stereocenters. The van der Waals surface area contributed by atoms with Crippen molar-refractivity contribution >= 4 is 5.97 Å². The number of aromatic amines is 1. The van der Waals surface area contributed by atoms with Crippen molar-refractivity contribution in [1.82, 2.24) is 15.3 Å². The molecule has 27 heavy (non-hydrogen) atoms. The first kappa shape index (κ1) is 18.2. The van der Waals surface area contributed by atoms with Crippen LogP contribution in [0.15, 0.2) is 24.4 Å². The molecule has 0 bridgehead atoms. The first-order chi connectivity index (χ1) is 13.2. The van der Waals surface area contributed by atoms with E-state index in [4.69, 9.17) is 10.1 Å². The van der Waals surface area contributed by atoms with Gasteiger partial charge in [0.05, 0.1) is 5.69 Å². The van der Waals surface area contributed by atoms with E-state index in [1.165, 1.54) is 16.7 Å². The number of fused-ring (bicyclic) bond motifs is 1. The lowest BCUT2D eigenvalue weighted by Gasteiger charge is -2.26. The van der Waals surface area contributed by atoms with Crippen molar-refractivity contribution in [2.24, 2.45) is 5.92 Å². The third-order valence-corrected chi connectivity index (χ3v) is 6.24. The molecule has 0 saturated heterocycles. The molecule has 5 nitrogen and oxygen atoms in total. The van der Waals surface area contributed by atoms with Crippen molar-refractivity contribution in [3.63, 3.8) is 0 Å². The number of rotatable bonds is 5. The zero-order chi connectivity index (χ0) is 18.6. The van der Waals surface area contributed by atoms with Crippen LogP contribution in [-0.4, -0.2) is 34.1 Å². The van der Waals surface area contributed by atoms with Crippen LogP contribution in [0, 0.1) is 5.92 Å². The van der Waals surface area contributed by atoms with Crippen LogP contribution in [0.5, 0.6) is 0 Å². The van der Waals surface area contributed by atoms with Gasteiger partial charge >= 0.3 is 5.97 Å². The predicted octanol–water partition coefficient (Wildman–Crippen LogP) is 3.90. The number of nitrogens with one attached hydrogen (secondary N) is 2. The quantitative estimate of drug-likeness (QED) is 0.749. The van der Waals surface area contributed by atoms with E-state index in [-0.39, 0.29) is 0 Å². The van der Waals surface area contributed by atoms with Gasteiger partial charge in [0.2, 0.25) is 0 Å². The van der Waals surface area contributed by atoms with Crippen LogP contribution >= 0.6 is 0 Å². The minimum absolute atomic E-state index is 0.300. The molecule has 0 radical (unpaired) electrons. The van der Waals surface area contributed by atoms with Gasteiger partial charge in [0.1, 0.15) is 5.82 Å². The number of aliphatic carboxylic acids is 1. The second kappa shape index (κ2) is 8.26. The molecule has 5 heteroatoms. The molecule has 1 fully saturated rings. The fourth-order valence-corrected chi connectivity index (χ4v) is 4.58. The predicted molar refractivity (Wildman–Crippen MR) is 106 cm³/mol. The molecule has 2 aliphatic rings. The van der Waals surface area contributed by atoms with Crippen molar-refractivity contribution in [3.05, 3.63) is 41.3 Å². The van der Waals surface area contributed by atoms with Gasteiger partial charge in [-0.25, -0.2) is 4.98 Å². The summed E-state index contributed by atoms with van der Waals surface area (Å²) in [5.74, 6) is 1.46. The second-order valence-electron chi connectivity index (χ2n) is 8.05. The summed E-state index contributed by atoms with van der Waals surface area (Å²) in [6.45, 7) is 2.11. The minimum atomic E-state index is -0.677. The Morgan fingerprint density at radius 3 is 2.67 bits per heavy atom. The van der Waals surface area contributed by atoms with Crippen LogP contribution in [0.2, 0.25) is 0 Å². The first-order valence-corrected chi connectivity index (χ1v) is 10.3. The summed E-state index contributed by atoms with van der Waals surface area (Å²) in [6, 6.07) is 6.78. The lowest BCUT2D eigenvalue weighted by Crippen LogP contribution is -2.16. The van der Waals surface area contributed by atoms with Crippen molar-refractivity contribution in [2.75, 3.05) is 13.1 Å². The second-order valence-corrected chi connectivity index (χ2v) is 8.05. The Morgan fingerprint density at radius 1 is 1.11 bits per heavy atom. The fraction of sp³-hybridized carbons (Fsp3) is 0.545. The van der Waals surface area contributed by atoms with Gasteiger partial charge in [0.15, 0.2) is 0 Å². The maximum absolute atomic E-state index is 10.8. The number of hydrogen-bond donors (Lipinski definition) is 3. The monoisotopic (exact) mass is 367 g/mol. The van der Waals surface area contributed by atoms with Crippen LogP contribution < -0.4 is 5.32 Å². The van der Waals surface area contributed by atoms with Crippen LogP contribution in [0.1, 0.15) is 61.4 Å². The van der Waals surface area contributed by atoms with Crippen LogP contribution in [0.3, 0.4) is 0 Å². The van der Waals surface area contributed by atoms with E-state index in [1.54, 1.807) is 0 Å². The molecule has 1 saturated carbocycles. The fourth-order valence-electron chi connectivity index (χ4n) is 4.58. The molecule has 4 rings (SSSR count). The zero-order valence-corrected chi connectivity index (χ0v) is 15.8. The highest BCUT2D eigenvalue weighted by Gasteiger charge is 2.25. The number of H-pyrrole nitrogens is 1. The van der Waals surface area contributed by atoms with Gasteiger partial charge in [0.25, 0.3) is 0 Å². The molecular weight excluding hydrogens is 338 g/mol. The molecule has 3 N–H and O–H groups in total. The molecule has 2 aromatic rings. The Bertz CT molecular complexity index is 791.